The molecule has 0 bridgehead atoms. The van der Waals surface area contributed by atoms with E-state index >= 15 is 0 Å². The van der Waals surface area contributed by atoms with E-state index in [0.29, 0.717) is 23.2 Å². The first-order valence-corrected chi connectivity index (χ1v) is 11.7. The summed E-state index contributed by atoms with van der Waals surface area (Å²) in [6, 6.07) is 5.31. The lowest BCUT2D eigenvalue weighted by Crippen LogP contribution is -2.27. The van der Waals surface area contributed by atoms with Gasteiger partial charge in [0, 0.05) is 49.3 Å². The number of carbonyl (C=O) groups excluding carboxylic acids is 2. The van der Waals surface area contributed by atoms with Gasteiger partial charge in [-0.15, -0.1) is 11.3 Å². The molecule has 1 saturated heterocycles. The van der Waals surface area contributed by atoms with Gasteiger partial charge in [-0.3, -0.25) is 14.6 Å². The first-order valence-electron chi connectivity index (χ1n) is 10.8. The van der Waals surface area contributed by atoms with Gasteiger partial charge in [0.25, 0.3) is 5.91 Å². The number of rotatable bonds is 5. The molecular formula is C25H23N5O2S. The van der Waals surface area contributed by atoms with Crippen LogP contribution in [-0.4, -0.2) is 44.8 Å². The van der Waals surface area contributed by atoms with E-state index in [1.807, 2.05) is 29.5 Å². The van der Waals surface area contributed by atoms with Crippen molar-refractivity contribution in [2.24, 2.45) is 11.8 Å². The van der Waals surface area contributed by atoms with Gasteiger partial charge in [0.2, 0.25) is 5.91 Å². The maximum Gasteiger partial charge on any atom is 0.258 e. The van der Waals surface area contributed by atoms with E-state index < -0.39 is 0 Å². The van der Waals surface area contributed by atoms with Gasteiger partial charge < -0.3 is 10.2 Å². The highest BCUT2D eigenvalue weighted by Gasteiger charge is 2.38. The predicted molar refractivity (Wildman–Crippen MR) is 128 cm³/mol. The van der Waals surface area contributed by atoms with Crippen LogP contribution < -0.4 is 5.32 Å². The Bertz CT molecular complexity index is 1230. The van der Waals surface area contributed by atoms with Crippen LogP contribution in [0, 0.1) is 18.8 Å². The second kappa shape index (κ2) is 9.07. The zero-order valence-corrected chi connectivity index (χ0v) is 19.0. The Morgan fingerprint density at radius 1 is 1.18 bits per heavy atom. The third kappa shape index (κ3) is 4.75. The number of nitrogens with zero attached hydrogens (tertiary/aromatic N) is 4. The molecule has 5 rings (SSSR count). The van der Waals surface area contributed by atoms with E-state index in [4.69, 9.17) is 0 Å². The number of aromatic nitrogens is 3. The highest BCUT2D eigenvalue weighted by Crippen LogP contribution is 2.41. The lowest BCUT2D eigenvalue weighted by atomic mass is 10.00. The smallest absolute Gasteiger partial charge is 0.258 e. The quantitative estimate of drug-likeness (QED) is 0.584. The van der Waals surface area contributed by atoms with Crippen LogP contribution >= 0.6 is 11.3 Å². The number of hydrogen-bond acceptors (Lipinski definition) is 6. The summed E-state index contributed by atoms with van der Waals surface area (Å²) in [4.78, 5) is 39.6. The molecule has 2 aliphatic rings. The lowest BCUT2D eigenvalue weighted by Gasteiger charge is -2.14. The predicted octanol–water partition coefficient (Wildman–Crippen LogP) is 4.07. The monoisotopic (exact) mass is 457 g/mol. The lowest BCUT2D eigenvalue weighted by molar-refractivity contribution is -0.125. The van der Waals surface area contributed by atoms with E-state index in [0.717, 1.165) is 35.6 Å². The number of aryl methyl sites for hydroxylation is 1. The molecule has 0 aromatic carbocycles. The van der Waals surface area contributed by atoms with Gasteiger partial charge in [0.15, 0.2) is 0 Å². The SMILES string of the molecule is Cc1cncc(C(=O)Nc2ccc(/C=C/C(=O)N3CC4C=C(c5nccs5)CC4C3)cn2)c1. The van der Waals surface area contributed by atoms with Gasteiger partial charge in [-0.2, -0.15) is 0 Å². The van der Waals surface area contributed by atoms with Crippen molar-refractivity contribution in [3.05, 3.63) is 82.2 Å². The summed E-state index contributed by atoms with van der Waals surface area (Å²) in [6.07, 6.45) is 13.3. The molecule has 1 aliphatic heterocycles. The zero-order valence-electron chi connectivity index (χ0n) is 18.1. The number of thiazole rings is 1. The first kappa shape index (κ1) is 21.2. The molecule has 8 heteroatoms. The van der Waals surface area contributed by atoms with Crippen LogP contribution in [0.3, 0.4) is 0 Å². The fourth-order valence-corrected chi connectivity index (χ4v) is 5.02. The molecule has 1 N–H and O–H groups in total. The molecule has 2 atom stereocenters. The van der Waals surface area contributed by atoms with Crippen molar-refractivity contribution < 1.29 is 9.59 Å². The molecule has 0 saturated carbocycles. The van der Waals surface area contributed by atoms with Crippen molar-refractivity contribution in [2.45, 2.75) is 13.3 Å². The molecular weight excluding hydrogens is 434 g/mol. The number of amides is 2. The average Bonchev–Trinajstić information content (AvgIpc) is 3.55. The molecule has 1 aliphatic carbocycles. The van der Waals surface area contributed by atoms with Crippen LogP contribution in [0.4, 0.5) is 5.82 Å². The normalized spacial score (nSPS) is 19.5. The van der Waals surface area contributed by atoms with Crippen LogP contribution in [0.5, 0.6) is 0 Å². The molecule has 166 valence electrons. The summed E-state index contributed by atoms with van der Waals surface area (Å²) in [5, 5.41) is 5.86. The van der Waals surface area contributed by atoms with E-state index in [2.05, 4.69) is 26.3 Å². The van der Waals surface area contributed by atoms with Crippen LogP contribution in [-0.2, 0) is 4.79 Å². The maximum atomic E-state index is 12.7. The number of pyridine rings is 2. The van der Waals surface area contributed by atoms with E-state index in [1.165, 1.54) is 11.8 Å². The Balaban J connectivity index is 1.16. The summed E-state index contributed by atoms with van der Waals surface area (Å²) >= 11 is 1.67. The van der Waals surface area contributed by atoms with Crippen LogP contribution in [0.2, 0.25) is 0 Å². The zero-order chi connectivity index (χ0) is 22.8. The largest absolute Gasteiger partial charge is 0.338 e. The van der Waals surface area contributed by atoms with Crippen LogP contribution in [0.1, 0.15) is 32.9 Å². The summed E-state index contributed by atoms with van der Waals surface area (Å²) in [5.74, 6) is 1.09. The second-order valence-corrected chi connectivity index (χ2v) is 9.31. The number of allylic oxidation sites excluding steroid dienone is 1. The minimum absolute atomic E-state index is 0.0120. The van der Waals surface area contributed by atoms with Gasteiger partial charge >= 0.3 is 0 Å². The van der Waals surface area contributed by atoms with Crippen LogP contribution in [0.25, 0.3) is 11.6 Å². The van der Waals surface area contributed by atoms with Crippen LogP contribution in [0.15, 0.2) is 60.5 Å². The second-order valence-electron chi connectivity index (χ2n) is 8.42. The van der Waals surface area contributed by atoms with Gasteiger partial charge in [-0.05, 0) is 66.2 Å². The maximum absolute atomic E-state index is 12.7. The third-order valence-corrected chi connectivity index (χ3v) is 6.84. The Labute approximate surface area is 195 Å². The molecule has 0 spiro atoms. The molecule has 3 aromatic rings. The number of hydrogen-bond donors (Lipinski definition) is 1. The highest BCUT2D eigenvalue weighted by atomic mass is 32.1. The number of anilines is 1. The molecule has 1 fully saturated rings. The highest BCUT2D eigenvalue weighted by molar-refractivity contribution is 7.10. The standard InChI is InChI=1S/C25H23N5O2S/c1-16-8-19(13-26-11-16)24(32)29-22-4-2-17(12-28-22)3-5-23(31)30-14-20-9-18(10-21(20)15-30)25-27-6-7-33-25/h2-9,11-13,20-21H,10,14-15H2,1H3,(H,28,29,32)/b5-3+. The van der Waals surface area contributed by atoms with Crippen molar-refractivity contribution in [1.29, 1.82) is 0 Å². The Kier molecular flexibility index (Phi) is 5.83. The summed E-state index contributed by atoms with van der Waals surface area (Å²) in [7, 11) is 0. The Hall–Kier alpha value is -3.65. The van der Waals surface area contributed by atoms with E-state index in [-0.39, 0.29) is 11.8 Å². The van der Waals surface area contributed by atoms with Gasteiger partial charge in [-0.1, -0.05) is 6.08 Å². The molecule has 7 nitrogen and oxygen atoms in total. The van der Waals surface area contributed by atoms with Crippen molar-refractivity contribution in [3.63, 3.8) is 0 Å². The fourth-order valence-electron chi connectivity index (χ4n) is 4.35. The number of nitrogens with one attached hydrogen (secondary N) is 1. The van der Waals surface area contributed by atoms with E-state index in [9.17, 15) is 9.59 Å². The molecule has 0 radical (unpaired) electrons. The molecule has 2 amide bonds. The van der Waals surface area contributed by atoms with E-state index in [1.54, 1.807) is 48.0 Å². The average molecular weight is 458 g/mol. The summed E-state index contributed by atoms with van der Waals surface area (Å²) in [6.45, 7) is 3.41. The fraction of sp³-hybridized carbons (Fsp3) is 0.240. The number of fused-ring (bicyclic) bond motifs is 1. The minimum Gasteiger partial charge on any atom is -0.338 e. The number of likely N-dealkylation sites (tertiary alicyclic amines) is 1. The van der Waals surface area contributed by atoms with Gasteiger partial charge in [-0.25, -0.2) is 9.97 Å². The van der Waals surface area contributed by atoms with Crippen molar-refractivity contribution >= 4 is 40.6 Å². The van der Waals surface area contributed by atoms with Gasteiger partial charge in [0.05, 0.1) is 5.56 Å². The first-order chi connectivity index (χ1) is 16.0. The Morgan fingerprint density at radius 3 is 2.82 bits per heavy atom. The third-order valence-electron chi connectivity index (χ3n) is 5.99. The minimum atomic E-state index is -0.260. The number of carbonyl (C=O) groups is 2. The molecule has 2 unspecified atom stereocenters. The molecule has 33 heavy (non-hydrogen) atoms. The van der Waals surface area contributed by atoms with Gasteiger partial charge in [0.1, 0.15) is 10.8 Å². The van der Waals surface area contributed by atoms with Crippen molar-refractivity contribution in [3.8, 4) is 0 Å². The van der Waals surface area contributed by atoms with Crippen molar-refractivity contribution in [2.75, 3.05) is 18.4 Å². The van der Waals surface area contributed by atoms with Crippen molar-refractivity contribution in [1.82, 2.24) is 19.9 Å². The Morgan fingerprint density at radius 2 is 2.09 bits per heavy atom. The summed E-state index contributed by atoms with van der Waals surface area (Å²) < 4.78 is 0. The molecule has 3 aromatic heterocycles. The topological polar surface area (TPSA) is 88.1 Å². The molecule has 4 heterocycles. The summed E-state index contributed by atoms with van der Waals surface area (Å²) in [5.41, 5.74) is 3.51.